The van der Waals surface area contributed by atoms with Crippen LogP contribution in [0.1, 0.15) is 32.8 Å². The maximum absolute atomic E-state index is 12.0. The number of aryl methyl sites for hydroxylation is 1. The van der Waals surface area contributed by atoms with Gasteiger partial charge in [0.2, 0.25) is 0 Å². The summed E-state index contributed by atoms with van der Waals surface area (Å²) >= 11 is 0. The van der Waals surface area contributed by atoms with Crippen LogP contribution >= 0.6 is 0 Å². The first-order valence-corrected chi connectivity index (χ1v) is 6.74. The second-order valence-corrected chi connectivity index (χ2v) is 6.93. The van der Waals surface area contributed by atoms with Crippen LogP contribution in [0.4, 0.5) is 13.2 Å². The summed E-state index contributed by atoms with van der Waals surface area (Å²) in [6, 6.07) is 0. The molecule has 8 heteroatoms. The minimum absolute atomic E-state index is 0.236. The van der Waals surface area contributed by atoms with Crippen LogP contribution in [0.15, 0.2) is 16.8 Å². The maximum Gasteiger partial charge on any atom is 0.390 e. The third kappa shape index (κ3) is 6.00. The van der Waals surface area contributed by atoms with Crippen molar-refractivity contribution in [1.29, 1.82) is 0 Å². The highest BCUT2D eigenvalue weighted by molar-refractivity contribution is 7.85. The molecule has 0 aliphatic carbocycles. The summed E-state index contributed by atoms with van der Waals surface area (Å²) in [6.07, 6.45) is -0.944. The summed E-state index contributed by atoms with van der Waals surface area (Å²) in [4.78, 5) is 0. The Morgan fingerprint density at radius 2 is 2.05 bits per heavy atom. The van der Waals surface area contributed by atoms with Gasteiger partial charge in [-0.3, -0.25) is 4.68 Å². The van der Waals surface area contributed by atoms with Gasteiger partial charge in [0.05, 0.1) is 17.4 Å². The van der Waals surface area contributed by atoms with Gasteiger partial charge in [0, 0.05) is 24.5 Å². The van der Waals surface area contributed by atoms with Crippen molar-refractivity contribution in [2.45, 2.75) is 44.7 Å². The molecule has 1 aromatic heterocycles. The van der Waals surface area contributed by atoms with Crippen LogP contribution in [-0.4, -0.2) is 31.1 Å². The van der Waals surface area contributed by atoms with Gasteiger partial charge in [-0.25, -0.2) is 4.21 Å². The van der Waals surface area contributed by atoms with Gasteiger partial charge in [-0.05, 0) is 20.8 Å². The van der Waals surface area contributed by atoms with Crippen LogP contribution < -0.4 is 0 Å². The molecule has 1 rings (SSSR count). The fourth-order valence-corrected chi connectivity index (χ4v) is 1.61. The summed E-state index contributed by atoms with van der Waals surface area (Å²) in [5.41, 5.74) is 0.528. The number of nitrogens with zero attached hydrogens (tertiary/aromatic N) is 3. The lowest BCUT2D eigenvalue weighted by atomic mass is 10.3. The average molecular weight is 295 g/mol. The number of hydrogen-bond acceptors (Lipinski definition) is 2. The zero-order valence-electron chi connectivity index (χ0n) is 10.9. The molecule has 0 aromatic carbocycles. The van der Waals surface area contributed by atoms with Gasteiger partial charge in [0.1, 0.15) is 11.0 Å². The lowest BCUT2D eigenvalue weighted by Gasteiger charge is -2.12. The van der Waals surface area contributed by atoms with E-state index in [9.17, 15) is 17.4 Å². The topological polar surface area (TPSA) is 47.2 Å². The van der Waals surface area contributed by atoms with Gasteiger partial charge in [0.25, 0.3) is 0 Å². The lowest BCUT2D eigenvalue weighted by molar-refractivity contribution is -0.137. The normalized spacial score (nSPS) is 15.1. The maximum atomic E-state index is 12.0. The van der Waals surface area contributed by atoms with Gasteiger partial charge in [-0.2, -0.15) is 22.7 Å². The highest BCUT2D eigenvalue weighted by atomic mass is 32.2. The van der Waals surface area contributed by atoms with Crippen molar-refractivity contribution < 1.29 is 17.4 Å². The summed E-state index contributed by atoms with van der Waals surface area (Å²) in [6.45, 7) is 5.12. The zero-order chi connectivity index (χ0) is 14.7. The predicted octanol–water partition coefficient (Wildman–Crippen LogP) is 2.72. The summed E-state index contributed by atoms with van der Waals surface area (Å²) in [5.74, 6) is 0. The van der Waals surface area contributed by atoms with Gasteiger partial charge < -0.3 is 0 Å². The van der Waals surface area contributed by atoms with Crippen molar-refractivity contribution in [3.8, 4) is 0 Å². The molecule has 0 N–H and O–H groups in total. The summed E-state index contributed by atoms with van der Waals surface area (Å²) in [5, 5.41) is 3.79. The van der Waals surface area contributed by atoms with E-state index in [4.69, 9.17) is 0 Å². The molecule has 19 heavy (non-hydrogen) atoms. The Kier molecular flexibility index (Phi) is 4.89. The quantitative estimate of drug-likeness (QED) is 0.802. The van der Waals surface area contributed by atoms with E-state index >= 15 is 0 Å². The monoisotopic (exact) mass is 295 g/mol. The molecule has 0 radical (unpaired) electrons. The molecule has 108 valence electrons. The molecule has 0 aliphatic rings. The Labute approximate surface area is 112 Å². The Morgan fingerprint density at radius 1 is 1.42 bits per heavy atom. The molecule has 1 aromatic rings. The smallest absolute Gasteiger partial charge is 0.272 e. The van der Waals surface area contributed by atoms with E-state index < -0.39 is 28.3 Å². The van der Waals surface area contributed by atoms with Crippen molar-refractivity contribution in [3.63, 3.8) is 0 Å². The second-order valence-electron chi connectivity index (χ2n) is 5.00. The first-order valence-electron chi connectivity index (χ1n) is 5.63. The van der Waals surface area contributed by atoms with Crippen LogP contribution in [0.25, 0.3) is 0 Å². The molecular formula is C11H16F3N3OS. The Bertz CT molecular complexity index is 474. The number of halogens is 3. The molecule has 0 aliphatic heterocycles. The SMILES string of the molecule is CC(C)(C)[S@](=O)N=Cc1cnn(CCC(F)(F)F)c1. The minimum Gasteiger partial charge on any atom is -0.272 e. The van der Waals surface area contributed by atoms with E-state index in [1.165, 1.54) is 23.3 Å². The Balaban J connectivity index is 2.61. The fraction of sp³-hybridized carbons (Fsp3) is 0.636. The fourth-order valence-electron chi connectivity index (χ4n) is 1.08. The van der Waals surface area contributed by atoms with Crippen LogP contribution in [0.2, 0.25) is 0 Å². The van der Waals surface area contributed by atoms with E-state index in [-0.39, 0.29) is 6.54 Å². The Hall–Kier alpha value is -1.18. The number of aromatic nitrogens is 2. The number of hydrogen-bond donors (Lipinski definition) is 0. The third-order valence-corrected chi connectivity index (χ3v) is 3.44. The van der Waals surface area contributed by atoms with E-state index in [0.717, 1.165) is 0 Å². The molecule has 0 fully saturated rings. The molecule has 1 atom stereocenters. The third-order valence-electron chi connectivity index (χ3n) is 2.10. The largest absolute Gasteiger partial charge is 0.390 e. The van der Waals surface area contributed by atoms with Gasteiger partial charge in [0.15, 0.2) is 0 Å². The summed E-state index contributed by atoms with van der Waals surface area (Å²) in [7, 11) is -1.39. The lowest BCUT2D eigenvalue weighted by Crippen LogP contribution is -2.19. The van der Waals surface area contributed by atoms with E-state index in [1.54, 1.807) is 20.8 Å². The van der Waals surface area contributed by atoms with E-state index in [0.29, 0.717) is 5.56 Å². The molecule has 0 saturated carbocycles. The first kappa shape index (κ1) is 15.9. The molecule has 0 bridgehead atoms. The van der Waals surface area contributed by atoms with Crippen LogP contribution in [0.5, 0.6) is 0 Å². The first-order chi connectivity index (χ1) is 8.58. The number of alkyl halides is 3. The molecule has 0 saturated heterocycles. The van der Waals surface area contributed by atoms with E-state index in [2.05, 4.69) is 9.50 Å². The highest BCUT2D eigenvalue weighted by Crippen LogP contribution is 2.20. The van der Waals surface area contributed by atoms with Crippen molar-refractivity contribution >= 4 is 17.2 Å². The molecule has 1 heterocycles. The van der Waals surface area contributed by atoms with Crippen LogP contribution in [-0.2, 0) is 17.5 Å². The van der Waals surface area contributed by atoms with Gasteiger partial charge in [-0.15, -0.1) is 0 Å². The zero-order valence-corrected chi connectivity index (χ0v) is 11.8. The van der Waals surface area contributed by atoms with Gasteiger partial charge >= 0.3 is 6.18 Å². The molecular weight excluding hydrogens is 279 g/mol. The standard InChI is InChI=1S/C11H16F3N3OS/c1-10(2,3)19(18)16-7-9-6-15-17(8-9)5-4-11(12,13)14/h6-8H,4-5H2,1-3H3/t19-/m0/s1. The Morgan fingerprint density at radius 3 is 2.58 bits per heavy atom. The van der Waals surface area contributed by atoms with Gasteiger partial charge in [-0.1, -0.05) is 0 Å². The molecule has 4 nitrogen and oxygen atoms in total. The van der Waals surface area contributed by atoms with Crippen LogP contribution in [0, 0.1) is 0 Å². The van der Waals surface area contributed by atoms with Crippen molar-refractivity contribution in [2.24, 2.45) is 4.40 Å². The molecule has 0 unspecified atom stereocenters. The molecule has 0 spiro atoms. The van der Waals surface area contributed by atoms with Crippen molar-refractivity contribution in [1.82, 2.24) is 9.78 Å². The predicted molar refractivity (Wildman–Crippen MR) is 68.4 cm³/mol. The molecule has 0 amide bonds. The van der Waals surface area contributed by atoms with E-state index in [1.807, 2.05) is 0 Å². The average Bonchev–Trinajstić information content (AvgIpc) is 2.68. The van der Waals surface area contributed by atoms with Crippen molar-refractivity contribution in [2.75, 3.05) is 0 Å². The van der Waals surface area contributed by atoms with Crippen molar-refractivity contribution in [3.05, 3.63) is 18.0 Å². The second kappa shape index (κ2) is 5.85. The minimum atomic E-state index is -4.20. The highest BCUT2D eigenvalue weighted by Gasteiger charge is 2.26. The van der Waals surface area contributed by atoms with Crippen LogP contribution in [0.3, 0.4) is 0 Å². The number of rotatable bonds is 4. The summed E-state index contributed by atoms with van der Waals surface area (Å²) < 4.78 is 52.3.